The van der Waals surface area contributed by atoms with Gasteiger partial charge in [0.05, 0.1) is 18.2 Å². The van der Waals surface area contributed by atoms with Crippen molar-refractivity contribution in [2.75, 3.05) is 11.4 Å². The molecule has 106 valence electrons. The van der Waals surface area contributed by atoms with Gasteiger partial charge in [0.2, 0.25) is 0 Å². The number of nitrogens with two attached hydrogens (primary N) is 1. The molecule has 1 heterocycles. The van der Waals surface area contributed by atoms with Crippen molar-refractivity contribution in [3.63, 3.8) is 0 Å². The van der Waals surface area contributed by atoms with Crippen molar-refractivity contribution in [3.05, 3.63) is 42.4 Å². The SMILES string of the molecule is CN(c1cccc(C(N)=NO)c1)S(=O)(=O)c1cnc[nH]1. The molecule has 0 unspecified atom stereocenters. The monoisotopic (exact) mass is 295 g/mol. The first-order chi connectivity index (χ1) is 9.46. The third-order valence-corrected chi connectivity index (χ3v) is 4.44. The average Bonchev–Trinajstić information content (AvgIpc) is 3.00. The number of nitrogens with one attached hydrogen (secondary N) is 1. The number of amidine groups is 1. The van der Waals surface area contributed by atoms with Crippen LogP contribution >= 0.6 is 0 Å². The normalized spacial score (nSPS) is 12.3. The summed E-state index contributed by atoms with van der Waals surface area (Å²) in [4.78, 5) is 6.24. The molecule has 1 aromatic heterocycles. The van der Waals surface area contributed by atoms with Gasteiger partial charge in [-0.25, -0.2) is 4.98 Å². The fourth-order valence-corrected chi connectivity index (χ4v) is 2.67. The molecule has 0 radical (unpaired) electrons. The molecule has 8 nitrogen and oxygen atoms in total. The van der Waals surface area contributed by atoms with E-state index >= 15 is 0 Å². The highest BCUT2D eigenvalue weighted by Crippen LogP contribution is 2.21. The van der Waals surface area contributed by atoms with Crippen LogP contribution in [0.15, 0.2) is 47.0 Å². The maximum absolute atomic E-state index is 12.3. The molecule has 0 amide bonds. The van der Waals surface area contributed by atoms with E-state index in [9.17, 15) is 8.42 Å². The Balaban J connectivity index is 2.42. The Labute approximate surface area is 115 Å². The van der Waals surface area contributed by atoms with Crippen molar-refractivity contribution in [1.82, 2.24) is 9.97 Å². The number of aromatic nitrogens is 2. The lowest BCUT2D eigenvalue weighted by molar-refractivity contribution is 0.318. The second kappa shape index (κ2) is 5.21. The molecule has 0 atom stereocenters. The minimum absolute atomic E-state index is 0.0193. The quantitative estimate of drug-likeness (QED) is 0.324. The summed E-state index contributed by atoms with van der Waals surface area (Å²) in [6.07, 6.45) is 2.51. The zero-order valence-corrected chi connectivity index (χ0v) is 11.4. The number of aromatic amines is 1. The molecular weight excluding hydrogens is 282 g/mol. The van der Waals surface area contributed by atoms with Gasteiger partial charge in [0, 0.05) is 12.6 Å². The first-order valence-corrected chi connectivity index (χ1v) is 6.96. The summed E-state index contributed by atoms with van der Waals surface area (Å²) in [5, 5.41) is 11.5. The number of hydrogen-bond donors (Lipinski definition) is 3. The molecule has 0 aliphatic carbocycles. The Morgan fingerprint density at radius 1 is 1.50 bits per heavy atom. The molecule has 0 aliphatic heterocycles. The lowest BCUT2D eigenvalue weighted by atomic mass is 10.2. The van der Waals surface area contributed by atoms with Crippen LogP contribution in [0.1, 0.15) is 5.56 Å². The zero-order chi connectivity index (χ0) is 14.8. The molecule has 9 heteroatoms. The van der Waals surface area contributed by atoms with Crippen molar-refractivity contribution in [2.45, 2.75) is 5.03 Å². The Kier molecular flexibility index (Phi) is 3.61. The summed E-state index contributed by atoms with van der Waals surface area (Å²) in [7, 11) is -2.32. The fraction of sp³-hybridized carbons (Fsp3) is 0.0909. The highest BCUT2D eigenvalue weighted by molar-refractivity contribution is 7.92. The number of anilines is 1. The van der Waals surface area contributed by atoms with E-state index in [1.807, 2.05) is 0 Å². The fourth-order valence-electron chi connectivity index (χ4n) is 1.59. The highest BCUT2D eigenvalue weighted by atomic mass is 32.2. The van der Waals surface area contributed by atoms with E-state index in [0.29, 0.717) is 11.3 Å². The number of imidazole rings is 1. The maximum Gasteiger partial charge on any atom is 0.281 e. The van der Waals surface area contributed by atoms with Gasteiger partial charge in [0.15, 0.2) is 10.9 Å². The van der Waals surface area contributed by atoms with Gasteiger partial charge < -0.3 is 15.9 Å². The molecular formula is C11H13N5O3S. The zero-order valence-electron chi connectivity index (χ0n) is 10.6. The highest BCUT2D eigenvalue weighted by Gasteiger charge is 2.22. The molecule has 0 spiro atoms. The number of H-pyrrole nitrogens is 1. The summed E-state index contributed by atoms with van der Waals surface area (Å²) in [5.41, 5.74) is 6.27. The van der Waals surface area contributed by atoms with Gasteiger partial charge >= 0.3 is 0 Å². The summed E-state index contributed by atoms with van der Waals surface area (Å²) >= 11 is 0. The van der Waals surface area contributed by atoms with Crippen LogP contribution in [0, 0.1) is 0 Å². The van der Waals surface area contributed by atoms with Crippen molar-refractivity contribution in [3.8, 4) is 0 Å². The largest absolute Gasteiger partial charge is 0.409 e. The molecule has 0 saturated heterocycles. The van der Waals surface area contributed by atoms with Crippen molar-refractivity contribution in [1.29, 1.82) is 0 Å². The molecule has 2 aromatic rings. The molecule has 0 saturated carbocycles. The summed E-state index contributed by atoms with van der Waals surface area (Å²) in [6.45, 7) is 0. The third-order valence-electron chi connectivity index (χ3n) is 2.72. The first kappa shape index (κ1) is 13.9. The van der Waals surface area contributed by atoms with Crippen LogP contribution in [-0.2, 0) is 10.0 Å². The molecule has 0 bridgehead atoms. The van der Waals surface area contributed by atoms with Crippen LogP contribution in [0.4, 0.5) is 5.69 Å². The van der Waals surface area contributed by atoms with Crippen LogP contribution in [-0.4, -0.2) is 36.5 Å². The molecule has 0 aliphatic rings. The molecule has 4 N–H and O–H groups in total. The predicted octanol–water partition coefficient (Wildman–Crippen LogP) is 0.329. The minimum Gasteiger partial charge on any atom is -0.409 e. The van der Waals surface area contributed by atoms with Crippen molar-refractivity contribution >= 4 is 21.5 Å². The summed E-state index contributed by atoms with van der Waals surface area (Å²) < 4.78 is 25.7. The average molecular weight is 295 g/mol. The van der Waals surface area contributed by atoms with Gasteiger partial charge in [-0.3, -0.25) is 4.31 Å². The Morgan fingerprint density at radius 2 is 2.25 bits per heavy atom. The van der Waals surface area contributed by atoms with Gasteiger partial charge in [0.1, 0.15) is 0 Å². The molecule has 20 heavy (non-hydrogen) atoms. The van der Waals surface area contributed by atoms with Gasteiger partial charge in [-0.2, -0.15) is 8.42 Å². The van der Waals surface area contributed by atoms with Gasteiger partial charge in [0.25, 0.3) is 10.0 Å². The van der Waals surface area contributed by atoms with Gasteiger partial charge in [-0.15, -0.1) is 0 Å². The summed E-state index contributed by atoms with van der Waals surface area (Å²) in [6, 6.07) is 6.32. The van der Waals surface area contributed by atoms with Crippen LogP contribution in [0.5, 0.6) is 0 Å². The van der Waals surface area contributed by atoms with E-state index in [-0.39, 0.29) is 10.9 Å². The van der Waals surface area contributed by atoms with Crippen LogP contribution in [0.2, 0.25) is 0 Å². The maximum atomic E-state index is 12.3. The number of oxime groups is 1. The topological polar surface area (TPSA) is 125 Å². The second-order valence-electron chi connectivity index (χ2n) is 3.92. The van der Waals surface area contributed by atoms with E-state index in [1.165, 1.54) is 25.6 Å². The van der Waals surface area contributed by atoms with Crippen LogP contribution in [0.3, 0.4) is 0 Å². The number of nitrogens with zero attached hydrogens (tertiary/aromatic N) is 3. The number of benzene rings is 1. The van der Waals surface area contributed by atoms with Crippen LogP contribution in [0.25, 0.3) is 0 Å². The number of sulfonamides is 1. The number of hydrogen-bond acceptors (Lipinski definition) is 5. The molecule has 0 fully saturated rings. The third kappa shape index (κ3) is 2.43. The summed E-state index contributed by atoms with van der Waals surface area (Å²) in [5.74, 6) is -0.0980. The van der Waals surface area contributed by atoms with Crippen molar-refractivity contribution < 1.29 is 13.6 Å². The lowest BCUT2D eigenvalue weighted by Gasteiger charge is -2.18. The van der Waals surface area contributed by atoms with Crippen molar-refractivity contribution in [2.24, 2.45) is 10.9 Å². The number of rotatable bonds is 4. The van der Waals surface area contributed by atoms with Gasteiger partial charge in [-0.1, -0.05) is 17.3 Å². The standard InChI is InChI=1S/C11H13N5O3S/c1-16(20(18,19)10-6-13-7-14-10)9-4-2-3-8(5-9)11(12)15-17/h2-7,17H,1H3,(H2,12,15)(H,13,14). The van der Waals surface area contributed by atoms with E-state index in [0.717, 1.165) is 4.31 Å². The first-order valence-electron chi connectivity index (χ1n) is 5.52. The second-order valence-corrected chi connectivity index (χ2v) is 5.86. The predicted molar refractivity (Wildman–Crippen MR) is 73.1 cm³/mol. The van der Waals surface area contributed by atoms with E-state index < -0.39 is 10.0 Å². The Morgan fingerprint density at radius 3 is 2.85 bits per heavy atom. The van der Waals surface area contributed by atoms with E-state index in [2.05, 4.69) is 15.1 Å². The van der Waals surface area contributed by atoms with E-state index in [1.54, 1.807) is 18.2 Å². The van der Waals surface area contributed by atoms with Gasteiger partial charge in [-0.05, 0) is 12.1 Å². The minimum atomic E-state index is -3.73. The molecule has 2 rings (SSSR count). The van der Waals surface area contributed by atoms with Crippen LogP contribution < -0.4 is 10.0 Å². The van der Waals surface area contributed by atoms with E-state index in [4.69, 9.17) is 10.9 Å². The molecule has 1 aromatic carbocycles. The lowest BCUT2D eigenvalue weighted by Crippen LogP contribution is -2.27. The Bertz CT molecular complexity index is 724. The Hall–Kier alpha value is -2.55. The smallest absolute Gasteiger partial charge is 0.281 e.